The summed E-state index contributed by atoms with van der Waals surface area (Å²) in [5.41, 5.74) is 4.44. The van der Waals surface area contributed by atoms with Gasteiger partial charge in [0.1, 0.15) is 5.75 Å². The number of ether oxygens (including phenoxy) is 1. The summed E-state index contributed by atoms with van der Waals surface area (Å²) >= 11 is 0. The molecule has 0 aliphatic rings. The van der Waals surface area contributed by atoms with Crippen LogP contribution >= 0.6 is 0 Å². The third kappa shape index (κ3) is 5.37. The van der Waals surface area contributed by atoms with Crippen LogP contribution < -0.4 is 4.74 Å². The Morgan fingerprint density at radius 3 is 2.16 bits per heavy atom. The summed E-state index contributed by atoms with van der Waals surface area (Å²) in [6, 6.07) is 8.55. The van der Waals surface area contributed by atoms with Gasteiger partial charge < -0.3 is 4.74 Å². The molecule has 0 N–H and O–H groups in total. The molecule has 0 heterocycles. The van der Waals surface area contributed by atoms with Crippen LogP contribution in [0.15, 0.2) is 36.0 Å². The van der Waals surface area contributed by atoms with E-state index in [2.05, 4.69) is 69.3 Å². The van der Waals surface area contributed by atoms with E-state index >= 15 is 0 Å². The molecule has 19 heavy (non-hydrogen) atoms. The number of rotatable bonds is 5. The first kappa shape index (κ1) is 16.2. The van der Waals surface area contributed by atoms with Crippen LogP contribution in [-0.2, 0) is 0 Å². The minimum Gasteiger partial charge on any atom is -0.497 e. The van der Waals surface area contributed by atoms with E-state index in [4.69, 9.17) is 4.74 Å². The number of benzene rings is 1. The highest BCUT2D eigenvalue weighted by atomic mass is 28.3. The number of methoxy groups -OCH3 is 1. The normalized spacial score (nSPS) is 14.7. The van der Waals surface area contributed by atoms with Gasteiger partial charge in [-0.15, -0.1) is 0 Å². The van der Waals surface area contributed by atoms with E-state index in [0.29, 0.717) is 5.54 Å². The van der Waals surface area contributed by atoms with Crippen molar-refractivity contribution in [1.82, 2.24) is 0 Å². The third-order valence-corrected chi connectivity index (χ3v) is 6.76. The van der Waals surface area contributed by atoms with E-state index in [9.17, 15) is 0 Å². The van der Waals surface area contributed by atoms with Crippen LogP contribution in [0.4, 0.5) is 0 Å². The first-order valence-electron chi connectivity index (χ1n) is 6.97. The summed E-state index contributed by atoms with van der Waals surface area (Å²) < 4.78 is 5.36. The topological polar surface area (TPSA) is 9.23 Å². The van der Waals surface area contributed by atoms with Crippen LogP contribution in [0.5, 0.6) is 5.75 Å². The molecule has 0 aliphatic heterocycles. The van der Waals surface area contributed by atoms with Crippen LogP contribution in [0.1, 0.15) is 11.1 Å². The second-order valence-corrected chi connectivity index (χ2v) is 17.8. The smallest absolute Gasteiger partial charge is 0.119 e. The van der Waals surface area contributed by atoms with Gasteiger partial charge in [0.15, 0.2) is 0 Å². The minimum atomic E-state index is -1.28. The Hall–Kier alpha value is -0.806. The first-order valence-corrected chi connectivity index (χ1v) is 14.1. The van der Waals surface area contributed by atoms with E-state index in [0.717, 1.165) is 5.75 Å². The summed E-state index contributed by atoms with van der Waals surface area (Å²) in [6.45, 7) is 14.5. The molecule has 0 aromatic heterocycles. The maximum Gasteiger partial charge on any atom is 0.119 e. The molecule has 0 saturated carbocycles. The monoisotopic (exact) mass is 292 g/mol. The van der Waals surface area contributed by atoms with Gasteiger partial charge in [0.05, 0.1) is 23.3 Å². The molecule has 0 fully saturated rings. The van der Waals surface area contributed by atoms with E-state index in [-0.39, 0.29) is 0 Å². The molecule has 1 atom stereocenters. The molecule has 0 spiro atoms. The minimum absolute atomic E-state index is 0.564. The molecule has 0 amide bonds. The molecular formula is C16H28OSi2. The largest absolute Gasteiger partial charge is 0.497 e. The van der Waals surface area contributed by atoms with Crippen molar-refractivity contribution in [2.45, 2.75) is 44.8 Å². The van der Waals surface area contributed by atoms with E-state index in [1.54, 1.807) is 7.11 Å². The van der Waals surface area contributed by atoms with Crippen LogP contribution in [-0.4, -0.2) is 23.3 Å². The molecule has 1 unspecified atom stereocenters. The molecule has 0 bridgehead atoms. The van der Waals surface area contributed by atoms with Crippen molar-refractivity contribution in [2.24, 2.45) is 0 Å². The standard InChI is InChI=1S/C16H28OSi2/c1-17-15-10-8-9-14(13-15)16(19(5,6)7)11-12-18(2,3)4/h8-13,16H,1-7H3/b12-11+. The SMILES string of the molecule is COc1cccc(C(/C=C/[Si](C)(C)C)[Si](C)(C)C)c1. The average molecular weight is 293 g/mol. The van der Waals surface area contributed by atoms with Gasteiger partial charge in [-0.3, -0.25) is 0 Å². The summed E-state index contributed by atoms with van der Waals surface area (Å²) in [5.74, 6) is 0.960. The van der Waals surface area contributed by atoms with Gasteiger partial charge in [-0.1, -0.05) is 63.2 Å². The van der Waals surface area contributed by atoms with Gasteiger partial charge in [-0.05, 0) is 23.2 Å². The van der Waals surface area contributed by atoms with Crippen molar-refractivity contribution >= 4 is 16.1 Å². The zero-order valence-corrected chi connectivity index (χ0v) is 15.4. The number of hydrogen-bond acceptors (Lipinski definition) is 1. The van der Waals surface area contributed by atoms with Crippen LogP contribution in [0.3, 0.4) is 0 Å². The Bertz CT molecular complexity index is 439. The van der Waals surface area contributed by atoms with Crippen LogP contribution in [0.2, 0.25) is 39.3 Å². The first-order chi connectivity index (χ1) is 8.63. The van der Waals surface area contributed by atoms with Gasteiger partial charge in [0.2, 0.25) is 0 Å². The molecule has 1 nitrogen and oxygen atoms in total. The predicted molar refractivity (Wildman–Crippen MR) is 91.6 cm³/mol. The summed E-state index contributed by atoms with van der Waals surface area (Å²) in [6.07, 6.45) is 2.47. The van der Waals surface area contributed by atoms with Crippen molar-refractivity contribution < 1.29 is 4.74 Å². The summed E-state index contributed by atoms with van der Waals surface area (Å²) in [7, 11) is -0.690. The fourth-order valence-electron chi connectivity index (χ4n) is 2.12. The Balaban J connectivity index is 3.14. The predicted octanol–water partition coefficient (Wildman–Crippen LogP) is 5.09. The highest BCUT2D eigenvalue weighted by molar-refractivity contribution is 6.81. The third-order valence-electron chi connectivity index (χ3n) is 3.17. The van der Waals surface area contributed by atoms with Crippen LogP contribution in [0.25, 0.3) is 0 Å². The lowest BCUT2D eigenvalue weighted by molar-refractivity contribution is 0.414. The molecule has 1 aromatic carbocycles. The van der Waals surface area contributed by atoms with Crippen molar-refractivity contribution in [3.63, 3.8) is 0 Å². The lowest BCUT2D eigenvalue weighted by Gasteiger charge is -2.28. The fourth-order valence-corrected chi connectivity index (χ4v) is 4.94. The zero-order chi connectivity index (χ0) is 14.7. The zero-order valence-electron chi connectivity index (χ0n) is 13.4. The van der Waals surface area contributed by atoms with Crippen molar-refractivity contribution in [1.29, 1.82) is 0 Å². The molecule has 1 rings (SSSR count). The molecule has 1 aromatic rings. The molecular weight excluding hydrogens is 264 g/mol. The van der Waals surface area contributed by atoms with E-state index < -0.39 is 16.1 Å². The van der Waals surface area contributed by atoms with Gasteiger partial charge in [-0.2, -0.15) is 0 Å². The maximum absolute atomic E-state index is 5.36. The van der Waals surface area contributed by atoms with Gasteiger partial charge >= 0.3 is 0 Å². The van der Waals surface area contributed by atoms with Gasteiger partial charge in [-0.25, -0.2) is 0 Å². The molecule has 106 valence electrons. The Morgan fingerprint density at radius 1 is 1.05 bits per heavy atom. The number of allylic oxidation sites excluding steroid dienone is 1. The molecule has 0 radical (unpaired) electrons. The van der Waals surface area contributed by atoms with E-state index in [1.807, 2.05) is 6.07 Å². The quantitative estimate of drug-likeness (QED) is 0.687. The lowest BCUT2D eigenvalue weighted by atomic mass is 10.1. The molecule has 0 saturated heterocycles. The number of hydrogen-bond donors (Lipinski definition) is 0. The van der Waals surface area contributed by atoms with Crippen LogP contribution in [0, 0.1) is 0 Å². The van der Waals surface area contributed by atoms with Crippen molar-refractivity contribution in [3.8, 4) is 5.75 Å². The maximum atomic E-state index is 5.36. The summed E-state index contributed by atoms with van der Waals surface area (Å²) in [4.78, 5) is 0. The average Bonchev–Trinajstić information content (AvgIpc) is 2.26. The highest BCUT2D eigenvalue weighted by Gasteiger charge is 2.26. The fraction of sp³-hybridized carbons (Fsp3) is 0.500. The molecule has 3 heteroatoms. The second-order valence-electron chi connectivity index (χ2n) is 7.35. The van der Waals surface area contributed by atoms with E-state index in [1.165, 1.54) is 5.56 Å². The Kier molecular flexibility index (Phi) is 5.21. The molecule has 0 aliphatic carbocycles. The lowest BCUT2D eigenvalue weighted by Crippen LogP contribution is -2.30. The van der Waals surface area contributed by atoms with Crippen molar-refractivity contribution in [2.75, 3.05) is 7.11 Å². The van der Waals surface area contributed by atoms with Crippen molar-refractivity contribution in [3.05, 3.63) is 41.6 Å². The van der Waals surface area contributed by atoms with Gasteiger partial charge in [0, 0.05) is 0 Å². The second kappa shape index (κ2) is 6.10. The van der Waals surface area contributed by atoms with Gasteiger partial charge in [0.25, 0.3) is 0 Å². The highest BCUT2D eigenvalue weighted by Crippen LogP contribution is 2.31. The Labute approximate surface area is 120 Å². The summed E-state index contributed by atoms with van der Waals surface area (Å²) in [5, 5.41) is 0. The Morgan fingerprint density at radius 2 is 1.68 bits per heavy atom.